The van der Waals surface area contributed by atoms with Crippen molar-refractivity contribution in [2.75, 3.05) is 0 Å². The summed E-state index contributed by atoms with van der Waals surface area (Å²) in [5, 5.41) is 0. The van der Waals surface area contributed by atoms with E-state index in [0.717, 1.165) is 12.8 Å². The minimum absolute atomic E-state index is 0.0588. The standard InChI is InChI=1S/C14H16O2/c1-11(15)16-14-9-5-8-13(10-14)12-6-3-2-4-7-12/h2-7,9,13-14H,8,10H2,1H3/t13-,14+/m1/s1. The Labute approximate surface area is 95.9 Å². The quantitative estimate of drug-likeness (QED) is 0.561. The molecule has 0 saturated carbocycles. The lowest BCUT2D eigenvalue weighted by molar-refractivity contribution is -0.144. The molecule has 0 unspecified atom stereocenters. The molecule has 1 aliphatic rings. The van der Waals surface area contributed by atoms with Gasteiger partial charge in [0.2, 0.25) is 0 Å². The van der Waals surface area contributed by atoms with Gasteiger partial charge >= 0.3 is 5.97 Å². The molecule has 84 valence electrons. The number of hydrogen-bond acceptors (Lipinski definition) is 2. The van der Waals surface area contributed by atoms with Gasteiger partial charge in [-0.15, -0.1) is 0 Å². The third-order valence-corrected chi connectivity index (χ3v) is 2.88. The predicted octanol–water partition coefficient (Wildman–Crippen LogP) is 3.05. The average molecular weight is 216 g/mol. The summed E-state index contributed by atoms with van der Waals surface area (Å²) < 4.78 is 5.22. The van der Waals surface area contributed by atoms with E-state index in [0.29, 0.717) is 5.92 Å². The molecule has 0 radical (unpaired) electrons. The smallest absolute Gasteiger partial charge is 0.303 e. The second kappa shape index (κ2) is 4.97. The maximum absolute atomic E-state index is 10.9. The van der Waals surface area contributed by atoms with Crippen molar-refractivity contribution in [3.63, 3.8) is 0 Å². The molecule has 2 rings (SSSR count). The second-order valence-corrected chi connectivity index (χ2v) is 4.16. The molecule has 0 bridgehead atoms. The summed E-state index contributed by atoms with van der Waals surface area (Å²) in [6, 6.07) is 10.4. The molecular formula is C14H16O2. The van der Waals surface area contributed by atoms with Crippen LogP contribution in [0.5, 0.6) is 0 Å². The van der Waals surface area contributed by atoms with E-state index < -0.39 is 0 Å². The van der Waals surface area contributed by atoms with E-state index in [-0.39, 0.29) is 12.1 Å². The molecule has 2 heteroatoms. The van der Waals surface area contributed by atoms with Gasteiger partial charge in [0.05, 0.1) is 0 Å². The summed E-state index contributed by atoms with van der Waals surface area (Å²) in [4.78, 5) is 10.9. The number of carbonyl (C=O) groups is 1. The lowest BCUT2D eigenvalue weighted by Gasteiger charge is -2.24. The summed E-state index contributed by atoms with van der Waals surface area (Å²) in [5.74, 6) is 0.263. The highest BCUT2D eigenvalue weighted by Gasteiger charge is 2.20. The lowest BCUT2D eigenvalue weighted by Crippen LogP contribution is -2.20. The van der Waals surface area contributed by atoms with Crippen molar-refractivity contribution in [2.45, 2.75) is 31.8 Å². The van der Waals surface area contributed by atoms with E-state index in [1.54, 1.807) is 0 Å². The molecule has 0 aromatic heterocycles. The van der Waals surface area contributed by atoms with Gasteiger partial charge in [-0.25, -0.2) is 0 Å². The SMILES string of the molecule is CC(=O)O[C@H]1C=CC[C@@H](c2ccccc2)C1. The van der Waals surface area contributed by atoms with Crippen LogP contribution in [0.15, 0.2) is 42.5 Å². The molecule has 0 amide bonds. The summed E-state index contributed by atoms with van der Waals surface area (Å²) in [5.41, 5.74) is 1.32. The van der Waals surface area contributed by atoms with E-state index in [1.165, 1.54) is 12.5 Å². The van der Waals surface area contributed by atoms with Crippen LogP contribution in [0, 0.1) is 0 Å². The molecule has 0 N–H and O–H groups in total. The lowest BCUT2D eigenvalue weighted by atomic mass is 9.86. The second-order valence-electron chi connectivity index (χ2n) is 4.16. The fourth-order valence-electron chi connectivity index (χ4n) is 2.15. The van der Waals surface area contributed by atoms with E-state index in [1.807, 2.05) is 12.1 Å². The van der Waals surface area contributed by atoms with Crippen LogP contribution in [0.4, 0.5) is 0 Å². The normalized spacial score (nSPS) is 24.1. The highest BCUT2D eigenvalue weighted by atomic mass is 16.5. The van der Waals surface area contributed by atoms with Gasteiger partial charge in [0.25, 0.3) is 0 Å². The van der Waals surface area contributed by atoms with Crippen molar-refractivity contribution < 1.29 is 9.53 Å². The largest absolute Gasteiger partial charge is 0.458 e. The number of rotatable bonds is 2. The van der Waals surface area contributed by atoms with Crippen LogP contribution in [0.1, 0.15) is 31.2 Å². The molecule has 0 saturated heterocycles. The number of allylic oxidation sites excluding steroid dienone is 1. The van der Waals surface area contributed by atoms with Crippen LogP contribution >= 0.6 is 0 Å². The van der Waals surface area contributed by atoms with Crippen molar-refractivity contribution in [1.29, 1.82) is 0 Å². The maximum Gasteiger partial charge on any atom is 0.303 e. The molecule has 0 fully saturated rings. The maximum atomic E-state index is 10.9. The Balaban J connectivity index is 2.04. The summed E-state index contributed by atoms with van der Waals surface area (Å²) in [6.07, 6.45) is 5.95. The Bertz CT molecular complexity index is 381. The number of hydrogen-bond donors (Lipinski definition) is 0. The first-order chi connectivity index (χ1) is 7.75. The Morgan fingerprint density at radius 2 is 2.06 bits per heavy atom. The van der Waals surface area contributed by atoms with Crippen molar-refractivity contribution >= 4 is 5.97 Å². The van der Waals surface area contributed by atoms with Gasteiger partial charge in [0, 0.05) is 6.92 Å². The van der Waals surface area contributed by atoms with Gasteiger partial charge in [0.1, 0.15) is 6.10 Å². The molecule has 0 aliphatic heterocycles. The zero-order chi connectivity index (χ0) is 11.4. The van der Waals surface area contributed by atoms with Gasteiger partial charge in [-0.3, -0.25) is 4.79 Å². The monoisotopic (exact) mass is 216 g/mol. The summed E-state index contributed by atoms with van der Waals surface area (Å²) >= 11 is 0. The van der Waals surface area contributed by atoms with Crippen molar-refractivity contribution in [3.8, 4) is 0 Å². The van der Waals surface area contributed by atoms with Gasteiger partial charge in [-0.1, -0.05) is 36.4 Å². The minimum atomic E-state index is -0.205. The van der Waals surface area contributed by atoms with Crippen LogP contribution in [0.25, 0.3) is 0 Å². The molecule has 0 spiro atoms. The molecule has 1 aliphatic carbocycles. The summed E-state index contributed by atoms with van der Waals surface area (Å²) in [7, 11) is 0. The van der Waals surface area contributed by atoms with Crippen molar-refractivity contribution in [3.05, 3.63) is 48.0 Å². The first-order valence-electron chi connectivity index (χ1n) is 5.64. The average Bonchev–Trinajstić information content (AvgIpc) is 2.30. The third-order valence-electron chi connectivity index (χ3n) is 2.88. The van der Waals surface area contributed by atoms with Gasteiger partial charge in [0.15, 0.2) is 0 Å². The van der Waals surface area contributed by atoms with Crippen molar-refractivity contribution in [1.82, 2.24) is 0 Å². The van der Waals surface area contributed by atoms with E-state index >= 15 is 0 Å². The number of esters is 1. The topological polar surface area (TPSA) is 26.3 Å². The Hall–Kier alpha value is -1.57. The third kappa shape index (κ3) is 2.72. The van der Waals surface area contributed by atoms with Crippen LogP contribution in [0.2, 0.25) is 0 Å². The number of ether oxygens (including phenoxy) is 1. The zero-order valence-electron chi connectivity index (χ0n) is 9.43. The van der Waals surface area contributed by atoms with Crippen LogP contribution < -0.4 is 0 Å². The Kier molecular flexibility index (Phi) is 3.40. The Morgan fingerprint density at radius 3 is 2.75 bits per heavy atom. The molecule has 1 aromatic carbocycles. The van der Waals surface area contributed by atoms with E-state index in [4.69, 9.17) is 4.74 Å². The molecule has 16 heavy (non-hydrogen) atoms. The Morgan fingerprint density at radius 1 is 1.31 bits per heavy atom. The molecule has 0 heterocycles. The van der Waals surface area contributed by atoms with Crippen molar-refractivity contribution in [2.24, 2.45) is 0 Å². The van der Waals surface area contributed by atoms with Gasteiger partial charge in [-0.05, 0) is 30.4 Å². The van der Waals surface area contributed by atoms with Crippen LogP contribution in [-0.2, 0) is 9.53 Å². The molecule has 2 atom stereocenters. The fraction of sp³-hybridized carbons (Fsp3) is 0.357. The molecule has 1 aromatic rings. The number of benzene rings is 1. The van der Waals surface area contributed by atoms with E-state index in [9.17, 15) is 4.79 Å². The highest BCUT2D eigenvalue weighted by Crippen LogP contribution is 2.30. The highest BCUT2D eigenvalue weighted by molar-refractivity contribution is 5.66. The zero-order valence-corrected chi connectivity index (χ0v) is 9.43. The molecular weight excluding hydrogens is 200 g/mol. The first-order valence-corrected chi connectivity index (χ1v) is 5.64. The van der Waals surface area contributed by atoms with Gasteiger partial charge < -0.3 is 4.74 Å². The number of carbonyl (C=O) groups excluding carboxylic acids is 1. The van der Waals surface area contributed by atoms with Crippen LogP contribution in [0.3, 0.4) is 0 Å². The predicted molar refractivity (Wildman–Crippen MR) is 63.1 cm³/mol. The van der Waals surface area contributed by atoms with Crippen LogP contribution in [-0.4, -0.2) is 12.1 Å². The van der Waals surface area contributed by atoms with E-state index in [2.05, 4.69) is 30.3 Å². The van der Waals surface area contributed by atoms with Gasteiger partial charge in [-0.2, -0.15) is 0 Å². The fourth-order valence-corrected chi connectivity index (χ4v) is 2.15. The minimum Gasteiger partial charge on any atom is -0.458 e. The summed E-state index contributed by atoms with van der Waals surface area (Å²) in [6.45, 7) is 1.46. The molecule has 2 nitrogen and oxygen atoms in total. The first kappa shape index (κ1) is 10.9.